The van der Waals surface area contributed by atoms with E-state index in [0.717, 1.165) is 55.6 Å². The molecule has 1 heterocycles. The van der Waals surface area contributed by atoms with Crippen LogP contribution in [0, 0.1) is 6.92 Å². The standard InChI is InChI=1S/C17H23N3O2/c1-13-19-14-7-3-4-8-15(14)20(13)12-11-18-17(16(21)22-2)9-5-6-10-17/h3-4,7-8,18H,5-6,9-12H2,1-2H3. The van der Waals surface area contributed by atoms with Crippen LogP contribution in [0.4, 0.5) is 0 Å². The number of nitrogens with zero attached hydrogens (tertiary/aromatic N) is 2. The number of nitrogens with one attached hydrogen (secondary N) is 1. The van der Waals surface area contributed by atoms with Crippen molar-refractivity contribution >= 4 is 17.0 Å². The maximum atomic E-state index is 12.1. The van der Waals surface area contributed by atoms with Crippen molar-refractivity contribution in [2.75, 3.05) is 13.7 Å². The third-order valence-corrected chi connectivity index (χ3v) is 4.68. The summed E-state index contributed by atoms with van der Waals surface area (Å²) < 4.78 is 7.20. The summed E-state index contributed by atoms with van der Waals surface area (Å²) in [4.78, 5) is 16.7. The number of rotatable bonds is 5. The summed E-state index contributed by atoms with van der Waals surface area (Å²) in [6.45, 7) is 3.55. The van der Waals surface area contributed by atoms with E-state index in [-0.39, 0.29) is 5.97 Å². The zero-order valence-corrected chi connectivity index (χ0v) is 13.3. The number of methoxy groups -OCH3 is 1. The molecule has 1 aromatic carbocycles. The van der Waals surface area contributed by atoms with Gasteiger partial charge in [-0.05, 0) is 31.9 Å². The minimum atomic E-state index is -0.487. The first-order chi connectivity index (χ1) is 10.7. The molecule has 0 spiro atoms. The quantitative estimate of drug-likeness (QED) is 0.862. The maximum absolute atomic E-state index is 12.1. The number of esters is 1. The smallest absolute Gasteiger partial charge is 0.326 e. The van der Waals surface area contributed by atoms with Gasteiger partial charge in [0.1, 0.15) is 11.4 Å². The minimum absolute atomic E-state index is 0.128. The van der Waals surface area contributed by atoms with Gasteiger partial charge in [-0.2, -0.15) is 0 Å². The summed E-state index contributed by atoms with van der Waals surface area (Å²) >= 11 is 0. The van der Waals surface area contributed by atoms with Crippen molar-refractivity contribution in [3.05, 3.63) is 30.1 Å². The highest BCUT2D eigenvalue weighted by Crippen LogP contribution is 2.30. The van der Waals surface area contributed by atoms with Gasteiger partial charge >= 0.3 is 5.97 Å². The van der Waals surface area contributed by atoms with Crippen LogP contribution in [0.25, 0.3) is 11.0 Å². The number of aromatic nitrogens is 2. The SMILES string of the molecule is COC(=O)C1(NCCn2c(C)nc3ccccc32)CCCC1. The summed E-state index contributed by atoms with van der Waals surface area (Å²) in [6, 6.07) is 8.14. The average Bonchev–Trinajstić information content (AvgIpc) is 3.12. The molecule has 5 nitrogen and oxygen atoms in total. The lowest BCUT2D eigenvalue weighted by Crippen LogP contribution is -2.51. The number of imidazole rings is 1. The van der Waals surface area contributed by atoms with Gasteiger partial charge in [0.2, 0.25) is 0 Å². The molecule has 5 heteroatoms. The molecular weight excluding hydrogens is 278 g/mol. The van der Waals surface area contributed by atoms with Crippen molar-refractivity contribution in [1.29, 1.82) is 0 Å². The zero-order valence-electron chi connectivity index (χ0n) is 13.3. The van der Waals surface area contributed by atoms with Crippen LogP contribution in [0.3, 0.4) is 0 Å². The number of benzene rings is 1. The Morgan fingerprint density at radius 3 is 2.82 bits per heavy atom. The highest BCUT2D eigenvalue weighted by atomic mass is 16.5. The van der Waals surface area contributed by atoms with Gasteiger partial charge in [-0.1, -0.05) is 25.0 Å². The van der Waals surface area contributed by atoms with E-state index < -0.39 is 5.54 Å². The van der Waals surface area contributed by atoms with Crippen molar-refractivity contribution in [3.8, 4) is 0 Å². The molecule has 118 valence electrons. The van der Waals surface area contributed by atoms with E-state index in [0.29, 0.717) is 0 Å². The molecule has 0 radical (unpaired) electrons. The van der Waals surface area contributed by atoms with E-state index in [2.05, 4.69) is 20.9 Å². The van der Waals surface area contributed by atoms with Crippen molar-refractivity contribution in [3.63, 3.8) is 0 Å². The fourth-order valence-corrected chi connectivity index (χ4v) is 3.51. The number of carbonyl (C=O) groups is 1. The fourth-order valence-electron chi connectivity index (χ4n) is 3.51. The maximum Gasteiger partial charge on any atom is 0.326 e. The van der Waals surface area contributed by atoms with E-state index in [1.54, 1.807) is 0 Å². The van der Waals surface area contributed by atoms with Crippen LogP contribution < -0.4 is 5.32 Å². The Morgan fingerprint density at radius 1 is 1.36 bits per heavy atom. The summed E-state index contributed by atoms with van der Waals surface area (Å²) in [6.07, 6.45) is 3.89. The number of hydrogen-bond donors (Lipinski definition) is 1. The van der Waals surface area contributed by atoms with Crippen LogP contribution in [0.5, 0.6) is 0 Å². The van der Waals surface area contributed by atoms with Gasteiger partial charge < -0.3 is 14.6 Å². The van der Waals surface area contributed by atoms with Gasteiger partial charge in [0.05, 0.1) is 18.1 Å². The number of aryl methyl sites for hydroxylation is 1. The van der Waals surface area contributed by atoms with Gasteiger partial charge in [-0.3, -0.25) is 4.79 Å². The Morgan fingerprint density at radius 2 is 2.09 bits per heavy atom. The largest absolute Gasteiger partial charge is 0.468 e. The molecule has 1 aliphatic carbocycles. The Kier molecular flexibility index (Phi) is 4.16. The third-order valence-electron chi connectivity index (χ3n) is 4.68. The zero-order chi connectivity index (χ0) is 15.6. The van der Waals surface area contributed by atoms with Crippen LogP contribution in [-0.4, -0.2) is 34.7 Å². The Balaban J connectivity index is 1.71. The number of fused-ring (bicyclic) bond motifs is 1. The highest BCUT2D eigenvalue weighted by Gasteiger charge is 2.41. The summed E-state index contributed by atoms with van der Waals surface area (Å²) in [5, 5.41) is 3.45. The lowest BCUT2D eigenvalue weighted by molar-refractivity contribution is -0.148. The lowest BCUT2D eigenvalue weighted by atomic mass is 9.98. The number of para-hydroxylation sites is 2. The van der Waals surface area contributed by atoms with E-state index in [4.69, 9.17) is 4.74 Å². The summed E-state index contributed by atoms with van der Waals surface area (Å²) in [5.74, 6) is 0.874. The van der Waals surface area contributed by atoms with Gasteiger partial charge in [0.15, 0.2) is 0 Å². The molecule has 22 heavy (non-hydrogen) atoms. The van der Waals surface area contributed by atoms with E-state index >= 15 is 0 Å². The molecule has 3 rings (SSSR count). The molecule has 0 unspecified atom stereocenters. The highest BCUT2D eigenvalue weighted by molar-refractivity contribution is 5.81. The van der Waals surface area contributed by atoms with Crippen LogP contribution in [0.2, 0.25) is 0 Å². The summed E-state index contributed by atoms with van der Waals surface area (Å²) in [7, 11) is 1.47. The Bertz CT molecular complexity index is 672. The lowest BCUT2D eigenvalue weighted by Gasteiger charge is -2.27. The predicted molar refractivity (Wildman–Crippen MR) is 85.7 cm³/mol. The van der Waals surface area contributed by atoms with Crippen LogP contribution >= 0.6 is 0 Å². The second-order valence-electron chi connectivity index (χ2n) is 6.01. The van der Waals surface area contributed by atoms with Crippen molar-refractivity contribution in [1.82, 2.24) is 14.9 Å². The van der Waals surface area contributed by atoms with Gasteiger partial charge in [-0.25, -0.2) is 4.98 Å². The molecule has 1 aromatic heterocycles. The second kappa shape index (κ2) is 6.08. The second-order valence-corrected chi connectivity index (χ2v) is 6.01. The van der Waals surface area contributed by atoms with Crippen LogP contribution in [-0.2, 0) is 16.1 Å². The first-order valence-electron chi connectivity index (χ1n) is 7.92. The van der Waals surface area contributed by atoms with E-state index in [9.17, 15) is 4.79 Å². The number of ether oxygens (including phenoxy) is 1. The molecular formula is C17H23N3O2. The predicted octanol–water partition coefficient (Wildman–Crippen LogP) is 2.42. The molecule has 0 atom stereocenters. The fraction of sp³-hybridized carbons (Fsp3) is 0.529. The van der Waals surface area contributed by atoms with Gasteiger partial charge in [0.25, 0.3) is 0 Å². The molecule has 2 aromatic rings. The Hall–Kier alpha value is -1.88. The Labute approximate surface area is 130 Å². The molecule has 0 aliphatic heterocycles. The van der Waals surface area contributed by atoms with E-state index in [1.165, 1.54) is 7.11 Å². The molecule has 0 saturated heterocycles. The van der Waals surface area contributed by atoms with Crippen molar-refractivity contribution in [2.24, 2.45) is 0 Å². The van der Waals surface area contributed by atoms with Gasteiger partial charge in [-0.15, -0.1) is 0 Å². The molecule has 0 amide bonds. The van der Waals surface area contributed by atoms with E-state index in [1.807, 2.05) is 25.1 Å². The monoisotopic (exact) mass is 301 g/mol. The molecule has 1 saturated carbocycles. The average molecular weight is 301 g/mol. The molecule has 0 bridgehead atoms. The number of hydrogen-bond acceptors (Lipinski definition) is 4. The molecule has 1 fully saturated rings. The topological polar surface area (TPSA) is 56.1 Å². The first kappa shape index (κ1) is 15.0. The first-order valence-corrected chi connectivity index (χ1v) is 7.92. The molecule has 1 N–H and O–H groups in total. The normalized spacial score (nSPS) is 17.0. The van der Waals surface area contributed by atoms with Crippen molar-refractivity contribution in [2.45, 2.75) is 44.7 Å². The van der Waals surface area contributed by atoms with Gasteiger partial charge in [0, 0.05) is 13.1 Å². The third kappa shape index (κ3) is 2.61. The summed E-state index contributed by atoms with van der Waals surface area (Å²) in [5.41, 5.74) is 1.67. The van der Waals surface area contributed by atoms with Crippen LogP contribution in [0.15, 0.2) is 24.3 Å². The molecule has 1 aliphatic rings. The van der Waals surface area contributed by atoms with Crippen LogP contribution in [0.1, 0.15) is 31.5 Å². The van der Waals surface area contributed by atoms with Crippen molar-refractivity contribution < 1.29 is 9.53 Å². The minimum Gasteiger partial charge on any atom is -0.468 e. The number of carbonyl (C=O) groups excluding carboxylic acids is 1.